The van der Waals surface area contributed by atoms with Crippen LogP contribution in [0.5, 0.6) is 0 Å². The van der Waals surface area contributed by atoms with Crippen molar-refractivity contribution in [2.75, 3.05) is 5.32 Å². The maximum atomic E-state index is 12.1. The maximum absolute atomic E-state index is 12.1. The van der Waals surface area contributed by atoms with E-state index < -0.39 is 0 Å². The number of anilines is 1. The zero-order chi connectivity index (χ0) is 16.5. The van der Waals surface area contributed by atoms with Gasteiger partial charge in [-0.05, 0) is 42.6 Å². The molecule has 4 rings (SSSR count). The van der Waals surface area contributed by atoms with Gasteiger partial charge >= 0.3 is 0 Å². The van der Waals surface area contributed by atoms with E-state index in [0.717, 1.165) is 16.6 Å². The zero-order valence-corrected chi connectivity index (χ0v) is 13.8. The number of rotatable bonds is 3. The van der Waals surface area contributed by atoms with Crippen molar-refractivity contribution in [2.45, 2.75) is 6.92 Å². The number of thiophene rings is 1. The molecule has 0 aliphatic rings. The number of aromatic nitrogens is 1. The standard InChI is InChI=1S/C19H14N2O2S/c1-12-4-2-5-13(10-12)19-21-15-8-7-14(11-16(15)23-19)20-18(22)17-6-3-9-24-17/h2-11H,1H3,(H,20,22). The van der Waals surface area contributed by atoms with Crippen molar-refractivity contribution in [3.05, 3.63) is 70.4 Å². The van der Waals surface area contributed by atoms with Gasteiger partial charge in [0.25, 0.3) is 5.91 Å². The molecule has 118 valence electrons. The summed E-state index contributed by atoms with van der Waals surface area (Å²) in [7, 11) is 0. The number of nitrogens with zero attached hydrogens (tertiary/aromatic N) is 1. The molecular weight excluding hydrogens is 320 g/mol. The van der Waals surface area contributed by atoms with Crippen molar-refractivity contribution in [1.29, 1.82) is 0 Å². The number of hydrogen-bond donors (Lipinski definition) is 1. The Hall–Kier alpha value is -2.92. The van der Waals surface area contributed by atoms with Crippen LogP contribution in [-0.4, -0.2) is 10.9 Å². The molecule has 0 aliphatic heterocycles. The van der Waals surface area contributed by atoms with E-state index in [-0.39, 0.29) is 5.91 Å². The lowest BCUT2D eigenvalue weighted by molar-refractivity contribution is 0.103. The first kappa shape index (κ1) is 14.7. The Labute approximate surface area is 142 Å². The average molecular weight is 334 g/mol. The Morgan fingerprint density at radius 2 is 2.04 bits per heavy atom. The number of oxazole rings is 1. The minimum absolute atomic E-state index is 0.122. The van der Waals surface area contributed by atoms with E-state index in [0.29, 0.717) is 22.0 Å². The van der Waals surface area contributed by atoms with Crippen LogP contribution >= 0.6 is 11.3 Å². The van der Waals surface area contributed by atoms with Gasteiger partial charge in [-0.25, -0.2) is 4.98 Å². The molecule has 24 heavy (non-hydrogen) atoms. The molecule has 0 saturated heterocycles. The zero-order valence-electron chi connectivity index (χ0n) is 12.9. The lowest BCUT2D eigenvalue weighted by atomic mass is 10.1. The molecule has 0 bridgehead atoms. The number of hydrogen-bond acceptors (Lipinski definition) is 4. The van der Waals surface area contributed by atoms with Crippen molar-refractivity contribution in [3.8, 4) is 11.5 Å². The van der Waals surface area contributed by atoms with Gasteiger partial charge in [0.2, 0.25) is 5.89 Å². The monoisotopic (exact) mass is 334 g/mol. The summed E-state index contributed by atoms with van der Waals surface area (Å²) in [5.74, 6) is 0.457. The molecule has 0 aliphatic carbocycles. The molecule has 0 fully saturated rings. The summed E-state index contributed by atoms with van der Waals surface area (Å²) in [4.78, 5) is 17.3. The summed E-state index contributed by atoms with van der Waals surface area (Å²) < 4.78 is 5.86. The van der Waals surface area contributed by atoms with Gasteiger partial charge in [-0.3, -0.25) is 4.79 Å². The minimum Gasteiger partial charge on any atom is -0.436 e. The molecule has 2 aromatic carbocycles. The van der Waals surface area contributed by atoms with Gasteiger partial charge in [-0.1, -0.05) is 23.8 Å². The second-order valence-electron chi connectivity index (χ2n) is 5.50. The lowest BCUT2D eigenvalue weighted by Gasteiger charge is -2.02. The second kappa shape index (κ2) is 5.94. The van der Waals surface area contributed by atoms with E-state index in [9.17, 15) is 4.79 Å². The smallest absolute Gasteiger partial charge is 0.265 e. The predicted octanol–water partition coefficient (Wildman–Crippen LogP) is 5.12. The van der Waals surface area contributed by atoms with Crippen molar-refractivity contribution in [3.63, 3.8) is 0 Å². The van der Waals surface area contributed by atoms with Gasteiger partial charge < -0.3 is 9.73 Å². The summed E-state index contributed by atoms with van der Waals surface area (Å²) in [6, 6.07) is 17.1. The Balaban J connectivity index is 1.65. The summed E-state index contributed by atoms with van der Waals surface area (Å²) >= 11 is 1.41. The normalized spacial score (nSPS) is 10.9. The highest BCUT2D eigenvalue weighted by atomic mass is 32.1. The Morgan fingerprint density at radius 3 is 2.83 bits per heavy atom. The van der Waals surface area contributed by atoms with Crippen molar-refractivity contribution >= 4 is 34.0 Å². The fraction of sp³-hybridized carbons (Fsp3) is 0.0526. The summed E-state index contributed by atoms with van der Waals surface area (Å²) in [6.45, 7) is 2.03. The van der Waals surface area contributed by atoms with Gasteiger partial charge in [0.15, 0.2) is 5.58 Å². The highest BCUT2D eigenvalue weighted by molar-refractivity contribution is 7.12. The van der Waals surface area contributed by atoms with Crippen LogP contribution in [0.4, 0.5) is 5.69 Å². The third kappa shape index (κ3) is 2.81. The van der Waals surface area contributed by atoms with Crippen molar-refractivity contribution < 1.29 is 9.21 Å². The molecule has 4 aromatic rings. The van der Waals surface area contributed by atoms with Crippen LogP contribution in [0.2, 0.25) is 0 Å². The van der Waals surface area contributed by atoms with Crippen LogP contribution < -0.4 is 5.32 Å². The fourth-order valence-electron chi connectivity index (χ4n) is 2.50. The van der Waals surface area contributed by atoms with Gasteiger partial charge in [0.1, 0.15) is 5.52 Å². The molecule has 0 radical (unpaired) electrons. The molecular formula is C19H14N2O2S. The molecule has 0 saturated carbocycles. The number of benzene rings is 2. The number of amides is 1. The Bertz CT molecular complexity index is 1020. The lowest BCUT2D eigenvalue weighted by Crippen LogP contribution is -2.09. The summed E-state index contributed by atoms with van der Waals surface area (Å²) in [5, 5.41) is 4.76. The van der Waals surface area contributed by atoms with E-state index in [4.69, 9.17) is 4.42 Å². The third-order valence-corrected chi connectivity index (χ3v) is 4.52. The van der Waals surface area contributed by atoms with Gasteiger partial charge in [-0.2, -0.15) is 0 Å². The second-order valence-corrected chi connectivity index (χ2v) is 6.45. The molecule has 1 N–H and O–H groups in total. The van der Waals surface area contributed by atoms with Crippen molar-refractivity contribution in [1.82, 2.24) is 4.98 Å². The van der Waals surface area contributed by atoms with E-state index in [1.54, 1.807) is 12.1 Å². The topological polar surface area (TPSA) is 55.1 Å². The maximum Gasteiger partial charge on any atom is 0.265 e. The first-order valence-electron chi connectivity index (χ1n) is 7.51. The highest BCUT2D eigenvalue weighted by Gasteiger charge is 2.11. The van der Waals surface area contributed by atoms with Crippen LogP contribution in [0, 0.1) is 6.92 Å². The summed E-state index contributed by atoms with van der Waals surface area (Å²) in [5.41, 5.74) is 4.19. The number of carbonyl (C=O) groups excluding carboxylic acids is 1. The van der Waals surface area contributed by atoms with E-state index in [1.807, 2.05) is 54.8 Å². The Morgan fingerprint density at radius 1 is 1.12 bits per heavy atom. The fourth-order valence-corrected chi connectivity index (χ4v) is 3.12. The third-order valence-electron chi connectivity index (χ3n) is 3.66. The quantitative estimate of drug-likeness (QED) is 0.566. The van der Waals surface area contributed by atoms with Crippen LogP contribution in [0.15, 0.2) is 64.4 Å². The molecule has 0 atom stereocenters. The van der Waals surface area contributed by atoms with Crippen LogP contribution in [-0.2, 0) is 0 Å². The van der Waals surface area contributed by atoms with Crippen LogP contribution in [0.3, 0.4) is 0 Å². The molecule has 2 heterocycles. The molecule has 4 nitrogen and oxygen atoms in total. The van der Waals surface area contributed by atoms with E-state index >= 15 is 0 Å². The van der Waals surface area contributed by atoms with Crippen LogP contribution in [0.1, 0.15) is 15.2 Å². The average Bonchev–Trinajstić information content (AvgIpc) is 3.24. The minimum atomic E-state index is -0.122. The number of carbonyl (C=O) groups is 1. The van der Waals surface area contributed by atoms with Gasteiger partial charge in [0, 0.05) is 17.3 Å². The molecule has 5 heteroatoms. The molecule has 0 unspecified atom stereocenters. The van der Waals surface area contributed by atoms with Crippen LogP contribution in [0.25, 0.3) is 22.6 Å². The summed E-state index contributed by atoms with van der Waals surface area (Å²) in [6.07, 6.45) is 0. The van der Waals surface area contributed by atoms with Crippen molar-refractivity contribution in [2.24, 2.45) is 0 Å². The highest BCUT2D eigenvalue weighted by Crippen LogP contribution is 2.27. The molecule has 0 spiro atoms. The molecule has 2 aromatic heterocycles. The predicted molar refractivity (Wildman–Crippen MR) is 96.5 cm³/mol. The number of nitrogens with one attached hydrogen (secondary N) is 1. The van der Waals surface area contributed by atoms with E-state index in [2.05, 4.69) is 10.3 Å². The van der Waals surface area contributed by atoms with Gasteiger partial charge in [-0.15, -0.1) is 11.3 Å². The SMILES string of the molecule is Cc1cccc(-c2nc3ccc(NC(=O)c4cccs4)cc3o2)c1. The first-order chi connectivity index (χ1) is 11.7. The first-order valence-corrected chi connectivity index (χ1v) is 8.39. The van der Waals surface area contributed by atoms with Gasteiger partial charge in [0.05, 0.1) is 4.88 Å². The number of aryl methyl sites for hydroxylation is 1. The Kier molecular flexibility index (Phi) is 3.63. The van der Waals surface area contributed by atoms with E-state index in [1.165, 1.54) is 11.3 Å². The molecule has 1 amide bonds. The largest absolute Gasteiger partial charge is 0.436 e. The number of fused-ring (bicyclic) bond motifs is 1.